The lowest BCUT2D eigenvalue weighted by Crippen LogP contribution is -2.51. The molecule has 0 spiro atoms. The highest BCUT2D eigenvalue weighted by Crippen LogP contribution is 2.59. The summed E-state index contributed by atoms with van der Waals surface area (Å²) in [5.74, 6) is 2.46. The van der Waals surface area contributed by atoms with Crippen molar-refractivity contribution < 1.29 is 4.79 Å². The van der Waals surface area contributed by atoms with Crippen LogP contribution in [0, 0.1) is 30.1 Å². The number of nitrogens with one attached hydrogen (secondary N) is 1. The highest BCUT2D eigenvalue weighted by atomic mass is 35.5. The Kier molecular flexibility index (Phi) is 5.30. The number of aromatic nitrogens is 2. The molecule has 0 radical (unpaired) electrons. The maximum absolute atomic E-state index is 13.7. The minimum atomic E-state index is -0.0959. The van der Waals surface area contributed by atoms with Gasteiger partial charge in [-0.1, -0.05) is 40.9 Å². The van der Waals surface area contributed by atoms with Gasteiger partial charge < -0.3 is 5.32 Å². The van der Waals surface area contributed by atoms with Crippen LogP contribution in [0.3, 0.4) is 0 Å². The standard InChI is InChI=1S/C29H28Cl3N3O/c1-15-4-19-8-22-26(28(36)33-14-29-11-16-5-17(12-29)7-18(6-16)13-29)34-35(27(22)21(19)10-23(15)31)25-3-2-20(30)9-24(25)32/h2-4,9-10,16-18H,5-8,11-14H2,1H3,(H,33,36). The molecular formula is C29H28Cl3N3O. The third kappa shape index (κ3) is 3.63. The summed E-state index contributed by atoms with van der Waals surface area (Å²) in [5, 5.41) is 9.91. The Bertz CT molecular complexity index is 1390. The molecule has 36 heavy (non-hydrogen) atoms. The van der Waals surface area contributed by atoms with Crippen LogP contribution in [0.1, 0.15) is 65.7 Å². The van der Waals surface area contributed by atoms with Gasteiger partial charge >= 0.3 is 0 Å². The number of fused-ring (bicyclic) bond motifs is 3. The number of aryl methyl sites for hydroxylation is 1. The van der Waals surface area contributed by atoms with Gasteiger partial charge in [-0.15, -0.1) is 0 Å². The van der Waals surface area contributed by atoms with Gasteiger partial charge in [-0.2, -0.15) is 5.10 Å². The van der Waals surface area contributed by atoms with Gasteiger partial charge in [0.1, 0.15) is 0 Å². The third-order valence-corrected chi connectivity index (χ3v) is 10.1. The van der Waals surface area contributed by atoms with E-state index >= 15 is 0 Å². The second kappa shape index (κ2) is 8.24. The Hall–Kier alpha value is -2.01. The fourth-order valence-electron chi connectivity index (χ4n) is 8.06. The van der Waals surface area contributed by atoms with E-state index in [1.54, 1.807) is 16.8 Å². The van der Waals surface area contributed by atoms with Gasteiger partial charge in [0.25, 0.3) is 5.91 Å². The van der Waals surface area contributed by atoms with Gasteiger partial charge in [-0.05, 0) is 104 Å². The van der Waals surface area contributed by atoms with Crippen LogP contribution >= 0.6 is 34.8 Å². The first-order valence-electron chi connectivity index (χ1n) is 12.9. The second-order valence-corrected chi connectivity index (χ2v) is 13.0. The molecule has 3 aromatic rings. The monoisotopic (exact) mass is 539 g/mol. The molecule has 7 heteroatoms. The lowest BCUT2D eigenvalue weighted by molar-refractivity contribution is -0.0503. The van der Waals surface area contributed by atoms with Gasteiger partial charge in [0.2, 0.25) is 0 Å². The minimum Gasteiger partial charge on any atom is -0.350 e. The van der Waals surface area contributed by atoms with E-state index < -0.39 is 0 Å². The Morgan fingerprint density at radius 3 is 2.39 bits per heavy atom. The number of hydrogen-bond donors (Lipinski definition) is 1. The summed E-state index contributed by atoms with van der Waals surface area (Å²) < 4.78 is 1.80. The SMILES string of the molecule is Cc1cc2c(cc1Cl)-c1c(c(C(=O)NCC34CC5CC(CC(C5)C3)C4)nn1-c1ccc(Cl)cc1Cl)C2. The predicted molar refractivity (Wildman–Crippen MR) is 145 cm³/mol. The van der Waals surface area contributed by atoms with E-state index in [-0.39, 0.29) is 11.3 Å². The van der Waals surface area contributed by atoms with Crippen LogP contribution in [0.2, 0.25) is 15.1 Å². The summed E-state index contributed by atoms with van der Waals surface area (Å²) in [6.07, 6.45) is 8.61. The van der Waals surface area contributed by atoms with Crippen molar-refractivity contribution in [2.24, 2.45) is 23.2 Å². The van der Waals surface area contributed by atoms with Crippen molar-refractivity contribution in [3.63, 3.8) is 0 Å². The molecule has 0 unspecified atom stereocenters. The van der Waals surface area contributed by atoms with Crippen molar-refractivity contribution in [3.05, 3.63) is 67.8 Å². The average Bonchev–Trinajstić information content (AvgIpc) is 3.34. The van der Waals surface area contributed by atoms with Gasteiger partial charge in [0.05, 0.1) is 16.4 Å². The van der Waals surface area contributed by atoms with Gasteiger partial charge in [-0.25, -0.2) is 4.68 Å². The molecule has 1 aromatic heterocycles. The highest BCUT2D eigenvalue weighted by molar-refractivity contribution is 6.35. The van der Waals surface area contributed by atoms with Crippen molar-refractivity contribution in [2.45, 2.75) is 51.9 Å². The Balaban J connectivity index is 1.26. The predicted octanol–water partition coefficient (Wildman–Crippen LogP) is 7.66. The van der Waals surface area contributed by atoms with Gasteiger partial charge in [-0.3, -0.25) is 4.79 Å². The van der Waals surface area contributed by atoms with E-state index in [4.69, 9.17) is 39.9 Å². The number of halogens is 3. The van der Waals surface area contributed by atoms with Crippen molar-refractivity contribution in [1.82, 2.24) is 15.1 Å². The molecule has 0 saturated heterocycles. The van der Waals surface area contributed by atoms with E-state index in [1.165, 1.54) is 38.5 Å². The summed E-state index contributed by atoms with van der Waals surface area (Å²) in [6.45, 7) is 2.75. The molecule has 4 saturated carbocycles. The highest BCUT2D eigenvalue weighted by Gasteiger charge is 2.51. The van der Waals surface area contributed by atoms with Crippen LogP contribution in [-0.2, 0) is 6.42 Å². The molecule has 4 bridgehead atoms. The zero-order valence-corrected chi connectivity index (χ0v) is 22.5. The smallest absolute Gasteiger partial charge is 0.272 e. The van der Waals surface area contributed by atoms with E-state index in [2.05, 4.69) is 11.4 Å². The first kappa shape index (κ1) is 23.1. The maximum atomic E-state index is 13.7. The first-order chi connectivity index (χ1) is 17.3. The normalized spacial score (nSPS) is 27.3. The molecule has 4 fully saturated rings. The molecule has 5 aliphatic rings. The number of hydrogen-bond acceptors (Lipinski definition) is 2. The third-order valence-electron chi connectivity index (χ3n) is 9.13. The number of rotatable bonds is 4. The van der Waals surface area contributed by atoms with Crippen LogP contribution in [0.25, 0.3) is 16.9 Å². The van der Waals surface area contributed by atoms with Crippen molar-refractivity contribution in [3.8, 4) is 16.9 Å². The average molecular weight is 541 g/mol. The number of nitrogens with zero attached hydrogens (tertiary/aromatic N) is 2. The maximum Gasteiger partial charge on any atom is 0.272 e. The molecule has 5 aliphatic carbocycles. The Morgan fingerprint density at radius 2 is 1.72 bits per heavy atom. The lowest BCUT2D eigenvalue weighted by atomic mass is 9.49. The van der Waals surface area contributed by atoms with Crippen molar-refractivity contribution >= 4 is 40.7 Å². The fourth-order valence-corrected chi connectivity index (χ4v) is 8.71. The van der Waals surface area contributed by atoms with E-state index in [0.29, 0.717) is 32.9 Å². The van der Waals surface area contributed by atoms with E-state index in [1.807, 2.05) is 19.1 Å². The molecule has 8 rings (SSSR count). The zero-order chi connectivity index (χ0) is 24.8. The molecule has 1 heterocycles. The summed E-state index contributed by atoms with van der Waals surface area (Å²) in [6, 6.07) is 9.45. The Morgan fingerprint density at radius 1 is 1.03 bits per heavy atom. The summed E-state index contributed by atoms with van der Waals surface area (Å²) >= 11 is 19.3. The van der Waals surface area contributed by atoms with Crippen LogP contribution in [0.4, 0.5) is 0 Å². The molecule has 4 nitrogen and oxygen atoms in total. The number of amides is 1. The summed E-state index contributed by atoms with van der Waals surface area (Å²) in [4.78, 5) is 13.7. The quantitative estimate of drug-likeness (QED) is 0.289. The molecule has 1 N–H and O–H groups in total. The summed E-state index contributed by atoms with van der Waals surface area (Å²) in [7, 11) is 0. The molecule has 0 aliphatic heterocycles. The zero-order valence-electron chi connectivity index (χ0n) is 20.2. The topological polar surface area (TPSA) is 46.9 Å². The van der Waals surface area contributed by atoms with Crippen LogP contribution in [-0.4, -0.2) is 22.2 Å². The van der Waals surface area contributed by atoms with E-state index in [0.717, 1.165) is 52.2 Å². The van der Waals surface area contributed by atoms with Crippen molar-refractivity contribution in [1.29, 1.82) is 0 Å². The van der Waals surface area contributed by atoms with Gasteiger partial charge in [0, 0.05) is 34.1 Å². The van der Waals surface area contributed by atoms with Crippen molar-refractivity contribution in [2.75, 3.05) is 6.54 Å². The van der Waals surface area contributed by atoms with Crippen LogP contribution in [0.5, 0.6) is 0 Å². The number of carbonyl (C=O) groups is 1. The number of benzene rings is 2. The molecule has 2 aromatic carbocycles. The molecular weight excluding hydrogens is 513 g/mol. The molecule has 186 valence electrons. The number of carbonyl (C=O) groups excluding carboxylic acids is 1. The Labute approximate surface area is 226 Å². The van der Waals surface area contributed by atoms with E-state index in [9.17, 15) is 4.79 Å². The van der Waals surface area contributed by atoms with Crippen LogP contribution in [0.15, 0.2) is 30.3 Å². The van der Waals surface area contributed by atoms with Crippen LogP contribution < -0.4 is 5.32 Å². The molecule has 0 atom stereocenters. The second-order valence-electron chi connectivity index (χ2n) is 11.7. The lowest BCUT2D eigenvalue weighted by Gasteiger charge is -2.56. The largest absolute Gasteiger partial charge is 0.350 e. The summed E-state index contributed by atoms with van der Waals surface area (Å²) in [5.41, 5.74) is 6.43. The fraction of sp³-hybridized carbons (Fsp3) is 0.448. The first-order valence-corrected chi connectivity index (χ1v) is 14.1. The minimum absolute atomic E-state index is 0.0959. The van der Waals surface area contributed by atoms with Gasteiger partial charge in [0.15, 0.2) is 5.69 Å². The molecule has 1 amide bonds.